The summed E-state index contributed by atoms with van der Waals surface area (Å²) in [7, 11) is 0. The number of benzene rings is 1. The molecule has 0 spiro atoms. The molecule has 124 valence electrons. The molecule has 23 heavy (non-hydrogen) atoms. The lowest BCUT2D eigenvalue weighted by Gasteiger charge is -2.27. The Bertz CT molecular complexity index is 748. The molecule has 1 aliphatic heterocycles. The smallest absolute Gasteiger partial charge is 0.410 e. The molecule has 3 rings (SSSR count). The van der Waals surface area contributed by atoms with Gasteiger partial charge < -0.3 is 14.2 Å². The van der Waals surface area contributed by atoms with E-state index in [4.69, 9.17) is 21.3 Å². The van der Waals surface area contributed by atoms with E-state index in [9.17, 15) is 4.79 Å². The second kappa shape index (κ2) is 5.71. The van der Waals surface area contributed by atoms with Crippen LogP contribution in [0.3, 0.4) is 0 Å². The van der Waals surface area contributed by atoms with E-state index in [2.05, 4.69) is 11.5 Å². The first-order valence-corrected chi connectivity index (χ1v) is 8.27. The van der Waals surface area contributed by atoms with Crippen molar-refractivity contribution in [3.8, 4) is 0 Å². The maximum absolute atomic E-state index is 12.3. The first-order valence-electron chi connectivity index (χ1n) is 7.89. The molecule has 0 aliphatic carbocycles. The highest BCUT2D eigenvalue weighted by molar-refractivity contribution is 6.31. The van der Waals surface area contributed by atoms with Gasteiger partial charge in [-0.1, -0.05) is 11.6 Å². The van der Waals surface area contributed by atoms with Crippen LogP contribution in [-0.2, 0) is 11.2 Å². The van der Waals surface area contributed by atoms with Crippen molar-refractivity contribution in [2.75, 3.05) is 13.1 Å². The lowest BCUT2D eigenvalue weighted by molar-refractivity contribution is 0.0241. The summed E-state index contributed by atoms with van der Waals surface area (Å²) in [6.45, 7) is 8.96. The number of carbonyl (C=O) groups excluding carboxylic acids is 1. The van der Waals surface area contributed by atoms with Gasteiger partial charge >= 0.3 is 6.09 Å². The van der Waals surface area contributed by atoms with Gasteiger partial charge in [-0.3, -0.25) is 0 Å². The van der Waals surface area contributed by atoms with Gasteiger partial charge in [-0.2, -0.15) is 0 Å². The molecular formula is C17H22ClN3O2. The maximum atomic E-state index is 12.3. The average Bonchev–Trinajstić information content (AvgIpc) is 2.69. The van der Waals surface area contributed by atoms with Gasteiger partial charge in [-0.15, -0.1) is 0 Å². The molecule has 0 fully saturated rings. The summed E-state index contributed by atoms with van der Waals surface area (Å²) < 4.78 is 7.70. The van der Waals surface area contributed by atoms with Crippen molar-refractivity contribution in [1.82, 2.24) is 14.5 Å². The number of imidazole rings is 1. The van der Waals surface area contributed by atoms with E-state index < -0.39 is 5.60 Å². The van der Waals surface area contributed by atoms with E-state index in [0.717, 1.165) is 16.9 Å². The molecule has 5 nitrogen and oxygen atoms in total. The Morgan fingerprint density at radius 2 is 2.13 bits per heavy atom. The minimum Gasteiger partial charge on any atom is -0.444 e. The summed E-state index contributed by atoms with van der Waals surface area (Å²) in [4.78, 5) is 18.8. The number of nitrogens with zero attached hydrogens (tertiary/aromatic N) is 3. The fourth-order valence-corrected chi connectivity index (χ4v) is 3.18. The Morgan fingerprint density at radius 3 is 2.83 bits per heavy atom. The number of fused-ring (bicyclic) bond motifs is 3. The van der Waals surface area contributed by atoms with Gasteiger partial charge in [-0.05, 0) is 45.9 Å². The van der Waals surface area contributed by atoms with Gasteiger partial charge in [0.2, 0.25) is 0 Å². The standard InChI is InChI=1S/C17H22ClN3O2/c1-11-10-20(16(22)23-17(2,3)4)8-7-15-19-13-9-12(18)5-6-14(13)21(11)15/h5-6,9,11H,7-8,10H2,1-4H3. The molecule has 0 radical (unpaired) electrons. The number of amides is 1. The fraction of sp³-hybridized carbons (Fsp3) is 0.529. The summed E-state index contributed by atoms with van der Waals surface area (Å²) in [6.07, 6.45) is 0.443. The number of aromatic nitrogens is 2. The first-order chi connectivity index (χ1) is 10.7. The number of hydrogen-bond acceptors (Lipinski definition) is 3. The number of halogens is 1. The molecule has 1 aromatic heterocycles. The predicted octanol–water partition coefficient (Wildman–Crippen LogP) is 4.04. The van der Waals surface area contributed by atoms with E-state index in [1.54, 1.807) is 4.90 Å². The highest BCUT2D eigenvalue weighted by atomic mass is 35.5. The Labute approximate surface area is 141 Å². The summed E-state index contributed by atoms with van der Waals surface area (Å²) in [5.74, 6) is 0.987. The zero-order valence-electron chi connectivity index (χ0n) is 14.0. The van der Waals surface area contributed by atoms with E-state index in [-0.39, 0.29) is 12.1 Å². The van der Waals surface area contributed by atoms with Crippen molar-refractivity contribution >= 4 is 28.7 Å². The normalized spacial score (nSPS) is 18.7. The quantitative estimate of drug-likeness (QED) is 0.730. The number of rotatable bonds is 0. The second-order valence-electron chi connectivity index (χ2n) is 7.06. The van der Waals surface area contributed by atoms with Crippen LogP contribution in [0.15, 0.2) is 18.2 Å². The molecule has 0 N–H and O–H groups in total. The van der Waals surface area contributed by atoms with Crippen molar-refractivity contribution in [1.29, 1.82) is 0 Å². The van der Waals surface area contributed by atoms with Crippen LogP contribution in [0.25, 0.3) is 11.0 Å². The van der Waals surface area contributed by atoms with Crippen LogP contribution in [0, 0.1) is 0 Å². The van der Waals surface area contributed by atoms with Crippen LogP contribution in [-0.4, -0.2) is 39.2 Å². The van der Waals surface area contributed by atoms with Gasteiger partial charge in [0, 0.05) is 24.5 Å². The lowest BCUT2D eigenvalue weighted by atomic mass is 10.2. The lowest BCUT2D eigenvalue weighted by Crippen LogP contribution is -2.39. The van der Waals surface area contributed by atoms with Gasteiger partial charge in [0.05, 0.1) is 17.1 Å². The SMILES string of the molecule is CC1CN(C(=O)OC(C)(C)C)CCc2nc3cc(Cl)ccc3n21. The Balaban J connectivity index is 1.88. The van der Waals surface area contributed by atoms with Crippen molar-refractivity contribution in [3.05, 3.63) is 29.0 Å². The first kappa shape index (κ1) is 16.1. The van der Waals surface area contributed by atoms with Gasteiger partial charge in [0.1, 0.15) is 11.4 Å². The third kappa shape index (κ3) is 3.29. The molecule has 1 atom stereocenters. The number of hydrogen-bond donors (Lipinski definition) is 0. The third-order valence-corrected chi connectivity index (χ3v) is 4.14. The zero-order chi connectivity index (χ0) is 16.8. The summed E-state index contributed by atoms with van der Waals surface area (Å²) >= 11 is 6.06. The molecule has 1 aromatic carbocycles. The minimum absolute atomic E-state index is 0.131. The number of ether oxygens (including phenoxy) is 1. The van der Waals surface area contributed by atoms with Gasteiger partial charge in [0.25, 0.3) is 0 Å². The van der Waals surface area contributed by atoms with Crippen LogP contribution >= 0.6 is 11.6 Å². The molecule has 6 heteroatoms. The molecule has 0 saturated heterocycles. The molecule has 1 amide bonds. The molecule has 2 heterocycles. The van der Waals surface area contributed by atoms with Gasteiger partial charge in [0.15, 0.2) is 0 Å². The van der Waals surface area contributed by atoms with E-state index >= 15 is 0 Å². The van der Waals surface area contributed by atoms with Crippen LogP contribution in [0.5, 0.6) is 0 Å². The Morgan fingerprint density at radius 1 is 1.39 bits per heavy atom. The fourth-order valence-electron chi connectivity index (χ4n) is 3.01. The highest BCUT2D eigenvalue weighted by Crippen LogP contribution is 2.27. The van der Waals surface area contributed by atoms with Crippen LogP contribution < -0.4 is 0 Å². The monoisotopic (exact) mass is 335 g/mol. The van der Waals surface area contributed by atoms with Crippen LogP contribution in [0.2, 0.25) is 5.02 Å². The molecule has 1 aliphatic rings. The summed E-state index contributed by atoms with van der Waals surface area (Å²) in [6, 6.07) is 5.89. The van der Waals surface area contributed by atoms with Crippen LogP contribution in [0.4, 0.5) is 4.79 Å². The minimum atomic E-state index is -0.482. The molecular weight excluding hydrogens is 314 g/mol. The topological polar surface area (TPSA) is 47.4 Å². The van der Waals surface area contributed by atoms with Gasteiger partial charge in [-0.25, -0.2) is 9.78 Å². The largest absolute Gasteiger partial charge is 0.444 e. The second-order valence-corrected chi connectivity index (χ2v) is 7.49. The Hall–Kier alpha value is -1.75. The highest BCUT2D eigenvalue weighted by Gasteiger charge is 2.28. The van der Waals surface area contributed by atoms with E-state index in [1.807, 2.05) is 39.0 Å². The van der Waals surface area contributed by atoms with Crippen molar-refractivity contribution in [2.45, 2.75) is 45.8 Å². The summed E-state index contributed by atoms with van der Waals surface area (Å²) in [5.41, 5.74) is 1.48. The Kier molecular flexibility index (Phi) is 4.00. The zero-order valence-corrected chi connectivity index (χ0v) is 14.7. The van der Waals surface area contributed by atoms with Crippen LogP contribution in [0.1, 0.15) is 39.6 Å². The third-order valence-electron chi connectivity index (χ3n) is 3.91. The molecule has 2 aromatic rings. The van der Waals surface area contributed by atoms with Crippen molar-refractivity contribution in [2.24, 2.45) is 0 Å². The summed E-state index contributed by atoms with van der Waals surface area (Å²) in [5, 5.41) is 0.689. The molecule has 1 unspecified atom stereocenters. The maximum Gasteiger partial charge on any atom is 0.410 e. The average molecular weight is 336 g/mol. The van der Waals surface area contributed by atoms with Crippen molar-refractivity contribution in [3.63, 3.8) is 0 Å². The molecule has 0 bridgehead atoms. The van der Waals surface area contributed by atoms with E-state index in [0.29, 0.717) is 24.5 Å². The van der Waals surface area contributed by atoms with E-state index in [1.165, 1.54) is 0 Å². The predicted molar refractivity (Wildman–Crippen MR) is 91.0 cm³/mol. The molecule has 0 saturated carbocycles. The van der Waals surface area contributed by atoms with Crippen molar-refractivity contribution < 1.29 is 9.53 Å². The number of carbonyl (C=O) groups is 1.